The van der Waals surface area contributed by atoms with E-state index in [1.807, 2.05) is 0 Å². The van der Waals surface area contributed by atoms with E-state index in [2.05, 4.69) is 47.9 Å². The molecule has 1 saturated heterocycles. The molecule has 1 aromatic heterocycles. The Morgan fingerprint density at radius 2 is 2.10 bits per heavy atom. The van der Waals surface area contributed by atoms with Gasteiger partial charge in [0.05, 0.1) is 11.7 Å². The van der Waals surface area contributed by atoms with E-state index in [4.69, 9.17) is 5.10 Å². The maximum Gasteiger partial charge on any atom is 0.0765 e. The lowest BCUT2D eigenvalue weighted by atomic mass is 9.97. The SMILES string of the molecule is CCC1CNC(C)(C)CN1Cc1ccn(C2CCCC2)n1. The highest BCUT2D eigenvalue weighted by atomic mass is 15.3. The van der Waals surface area contributed by atoms with Crippen LogP contribution in [0.4, 0.5) is 0 Å². The van der Waals surface area contributed by atoms with Crippen molar-refractivity contribution in [3.05, 3.63) is 18.0 Å². The molecule has 0 spiro atoms. The summed E-state index contributed by atoms with van der Waals surface area (Å²) in [5, 5.41) is 8.52. The van der Waals surface area contributed by atoms with Crippen molar-refractivity contribution in [3.8, 4) is 0 Å². The number of rotatable bonds is 4. The smallest absolute Gasteiger partial charge is 0.0765 e. The van der Waals surface area contributed by atoms with Gasteiger partial charge in [-0.2, -0.15) is 5.10 Å². The minimum absolute atomic E-state index is 0.208. The topological polar surface area (TPSA) is 33.1 Å². The number of aromatic nitrogens is 2. The van der Waals surface area contributed by atoms with Gasteiger partial charge in [0.2, 0.25) is 0 Å². The Bertz CT molecular complexity index is 459. The molecular formula is C17H30N4. The molecule has 0 aromatic carbocycles. The molecule has 2 heterocycles. The molecule has 2 aliphatic rings. The summed E-state index contributed by atoms with van der Waals surface area (Å²) in [5.74, 6) is 0. The molecule has 4 nitrogen and oxygen atoms in total. The van der Waals surface area contributed by atoms with E-state index in [-0.39, 0.29) is 5.54 Å². The summed E-state index contributed by atoms with van der Waals surface area (Å²) in [4.78, 5) is 2.61. The van der Waals surface area contributed by atoms with Gasteiger partial charge >= 0.3 is 0 Å². The van der Waals surface area contributed by atoms with Gasteiger partial charge in [-0.3, -0.25) is 9.58 Å². The Morgan fingerprint density at radius 1 is 1.33 bits per heavy atom. The van der Waals surface area contributed by atoms with Gasteiger partial charge in [0.15, 0.2) is 0 Å². The van der Waals surface area contributed by atoms with Crippen molar-refractivity contribution in [2.75, 3.05) is 13.1 Å². The van der Waals surface area contributed by atoms with Crippen LogP contribution in [-0.4, -0.2) is 39.4 Å². The molecule has 0 amide bonds. The molecule has 1 atom stereocenters. The van der Waals surface area contributed by atoms with Crippen LogP contribution < -0.4 is 5.32 Å². The van der Waals surface area contributed by atoms with Crippen LogP contribution in [0, 0.1) is 0 Å². The zero-order valence-electron chi connectivity index (χ0n) is 13.8. The van der Waals surface area contributed by atoms with Crippen molar-refractivity contribution in [1.82, 2.24) is 20.0 Å². The Kier molecular flexibility index (Phi) is 4.36. The van der Waals surface area contributed by atoms with Gasteiger partial charge in [-0.15, -0.1) is 0 Å². The molecule has 2 fully saturated rings. The second-order valence-corrected chi connectivity index (χ2v) is 7.46. The third kappa shape index (κ3) is 3.49. The number of nitrogens with one attached hydrogen (secondary N) is 1. The fourth-order valence-corrected chi connectivity index (χ4v) is 3.85. The van der Waals surface area contributed by atoms with E-state index in [9.17, 15) is 0 Å². The van der Waals surface area contributed by atoms with Gasteiger partial charge in [0.25, 0.3) is 0 Å². The van der Waals surface area contributed by atoms with Gasteiger partial charge in [-0.25, -0.2) is 0 Å². The number of nitrogens with zero attached hydrogens (tertiary/aromatic N) is 3. The average molecular weight is 290 g/mol. The van der Waals surface area contributed by atoms with Crippen LogP contribution in [0.25, 0.3) is 0 Å². The Morgan fingerprint density at radius 3 is 2.81 bits per heavy atom. The maximum absolute atomic E-state index is 4.86. The van der Waals surface area contributed by atoms with Crippen molar-refractivity contribution in [3.63, 3.8) is 0 Å². The predicted molar refractivity (Wildman–Crippen MR) is 86.3 cm³/mol. The summed E-state index contributed by atoms with van der Waals surface area (Å²) in [6, 6.07) is 3.51. The van der Waals surface area contributed by atoms with Crippen LogP contribution in [-0.2, 0) is 6.54 Å². The summed E-state index contributed by atoms with van der Waals surface area (Å²) in [6.07, 6.45) is 8.73. The lowest BCUT2D eigenvalue weighted by Crippen LogP contribution is -2.61. The van der Waals surface area contributed by atoms with Gasteiger partial charge in [-0.05, 0) is 39.2 Å². The molecular weight excluding hydrogens is 260 g/mol. The fourth-order valence-electron chi connectivity index (χ4n) is 3.85. The first kappa shape index (κ1) is 15.0. The van der Waals surface area contributed by atoms with Crippen molar-refractivity contribution in [2.24, 2.45) is 0 Å². The molecule has 0 bridgehead atoms. The minimum Gasteiger partial charge on any atom is -0.309 e. The lowest BCUT2D eigenvalue weighted by Gasteiger charge is -2.44. The van der Waals surface area contributed by atoms with E-state index < -0.39 is 0 Å². The monoisotopic (exact) mass is 290 g/mol. The van der Waals surface area contributed by atoms with Gasteiger partial charge in [0, 0.05) is 37.4 Å². The third-order valence-corrected chi connectivity index (χ3v) is 5.13. The molecule has 0 radical (unpaired) electrons. The van der Waals surface area contributed by atoms with Crippen molar-refractivity contribution in [2.45, 2.75) is 77.0 Å². The second kappa shape index (κ2) is 6.09. The van der Waals surface area contributed by atoms with E-state index >= 15 is 0 Å². The van der Waals surface area contributed by atoms with Gasteiger partial charge < -0.3 is 5.32 Å². The Balaban J connectivity index is 1.66. The zero-order chi connectivity index (χ0) is 14.9. The number of hydrogen-bond donors (Lipinski definition) is 1. The third-order valence-electron chi connectivity index (χ3n) is 5.13. The summed E-state index contributed by atoms with van der Waals surface area (Å²) in [7, 11) is 0. The first-order chi connectivity index (χ1) is 10.1. The molecule has 118 valence electrons. The first-order valence-electron chi connectivity index (χ1n) is 8.60. The highest BCUT2D eigenvalue weighted by Crippen LogP contribution is 2.29. The zero-order valence-corrected chi connectivity index (χ0v) is 13.8. The summed E-state index contributed by atoms with van der Waals surface area (Å²) in [6.45, 7) is 10.1. The first-order valence-corrected chi connectivity index (χ1v) is 8.60. The van der Waals surface area contributed by atoms with Gasteiger partial charge in [0.1, 0.15) is 0 Å². The van der Waals surface area contributed by atoms with Crippen LogP contribution in [0.1, 0.15) is 64.6 Å². The molecule has 1 N–H and O–H groups in total. The van der Waals surface area contributed by atoms with Crippen LogP contribution in [0.2, 0.25) is 0 Å². The highest BCUT2D eigenvalue weighted by molar-refractivity contribution is 5.03. The van der Waals surface area contributed by atoms with Gasteiger partial charge in [-0.1, -0.05) is 19.8 Å². The normalized spacial score (nSPS) is 27.3. The quantitative estimate of drug-likeness (QED) is 0.925. The van der Waals surface area contributed by atoms with E-state index in [0.29, 0.717) is 12.1 Å². The molecule has 3 rings (SSSR count). The average Bonchev–Trinajstić information content (AvgIpc) is 3.08. The Labute approximate surface area is 128 Å². The van der Waals surface area contributed by atoms with Crippen LogP contribution >= 0.6 is 0 Å². The number of piperazine rings is 1. The van der Waals surface area contributed by atoms with E-state index in [1.165, 1.54) is 37.8 Å². The fraction of sp³-hybridized carbons (Fsp3) is 0.824. The van der Waals surface area contributed by atoms with E-state index in [0.717, 1.165) is 19.6 Å². The molecule has 1 unspecified atom stereocenters. The minimum atomic E-state index is 0.208. The lowest BCUT2D eigenvalue weighted by molar-refractivity contribution is 0.0844. The van der Waals surface area contributed by atoms with Crippen LogP contribution in [0.5, 0.6) is 0 Å². The molecule has 1 saturated carbocycles. The molecule has 21 heavy (non-hydrogen) atoms. The molecule has 1 aromatic rings. The Hall–Kier alpha value is -0.870. The van der Waals surface area contributed by atoms with Crippen molar-refractivity contribution >= 4 is 0 Å². The highest BCUT2D eigenvalue weighted by Gasteiger charge is 2.31. The van der Waals surface area contributed by atoms with Crippen LogP contribution in [0.15, 0.2) is 12.3 Å². The number of hydrogen-bond acceptors (Lipinski definition) is 3. The van der Waals surface area contributed by atoms with E-state index in [1.54, 1.807) is 0 Å². The molecule has 4 heteroatoms. The second-order valence-electron chi connectivity index (χ2n) is 7.46. The standard InChI is InChI=1S/C17H30N4/c1-4-15-11-18-17(2,3)13-20(15)12-14-9-10-21(19-14)16-7-5-6-8-16/h9-10,15-16,18H,4-8,11-13H2,1-3H3. The predicted octanol–water partition coefficient (Wildman–Crippen LogP) is 2.96. The molecule has 1 aliphatic heterocycles. The molecule has 1 aliphatic carbocycles. The van der Waals surface area contributed by atoms with Crippen LogP contribution in [0.3, 0.4) is 0 Å². The largest absolute Gasteiger partial charge is 0.309 e. The maximum atomic E-state index is 4.86. The summed E-state index contributed by atoms with van der Waals surface area (Å²) < 4.78 is 2.22. The van der Waals surface area contributed by atoms with Crippen molar-refractivity contribution in [1.29, 1.82) is 0 Å². The summed E-state index contributed by atoms with van der Waals surface area (Å²) >= 11 is 0. The summed E-state index contributed by atoms with van der Waals surface area (Å²) in [5.41, 5.74) is 1.44. The van der Waals surface area contributed by atoms with Crippen molar-refractivity contribution < 1.29 is 0 Å².